The van der Waals surface area contributed by atoms with Crippen molar-refractivity contribution in [2.75, 3.05) is 26.2 Å². The lowest BCUT2D eigenvalue weighted by Gasteiger charge is -2.42. The van der Waals surface area contributed by atoms with Crippen molar-refractivity contribution in [2.24, 2.45) is 0 Å². The van der Waals surface area contributed by atoms with Crippen molar-refractivity contribution >= 4 is 17.6 Å². The van der Waals surface area contributed by atoms with Crippen molar-refractivity contribution in [3.8, 4) is 5.75 Å². The number of carbonyl (C=O) groups excluding carboxylic acids is 2. The largest absolute Gasteiger partial charge is 0.497 e. The minimum atomic E-state index is -1.38. The van der Waals surface area contributed by atoms with E-state index >= 15 is 0 Å². The fourth-order valence-electron chi connectivity index (χ4n) is 4.51. The second-order valence-electron chi connectivity index (χ2n) is 7.59. The fraction of sp³-hybridized carbons (Fsp3) is 0.185. The zero-order valence-corrected chi connectivity index (χ0v) is 18.7. The summed E-state index contributed by atoms with van der Waals surface area (Å²) in [7, 11) is 4.27. The summed E-state index contributed by atoms with van der Waals surface area (Å²) >= 11 is 0. The number of esters is 2. The van der Waals surface area contributed by atoms with Crippen LogP contribution in [0, 0.1) is 0 Å². The van der Waals surface area contributed by atoms with Gasteiger partial charge in [0.15, 0.2) is 5.54 Å². The molecule has 3 aromatic rings. The highest BCUT2D eigenvalue weighted by Gasteiger charge is 2.59. The van der Waals surface area contributed by atoms with E-state index in [1.54, 1.807) is 30.2 Å². The van der Waals surface area contributed by atoms with Crippen LogP contribution in [-0.2, 0) is 24.6 Å². The molecule has 3 aromatic carbocycles. The Morgan fingerprint density at radius 3 is 1.94 bits per heavy atom. The van der Waals surface area contributed by atoms with E-state index in [0.717, 1.165) is 5.56 Å². The fourth-order valence-corrected chi connectivity index (χ4v) is 4.51. The lowest BCUT2D eigenvalue weighted by atomic mass is 9.75. The van der Waals surface area contributed by atoms with E-state index < -0.39 is 23.4 Å². The number of anilines is 1. The molecule has 0 saturated heterocycles. The molecule has 0 unspecified atom stereocenters. The first-order valence-electron chi connectivity index (χ1n) is 10.5. The summed E-state index contributed by atoms with van der Waals surface area (Å²) in [6, 6.07) is 26.1. The summed E-state index contributed by atoms with van der Waals surface area (Å²) in [4.78, 5) is 28.5. The number of hydrogen-bond acceptors (Lipinski definition) is 6. The molecule has 0 radical (unpaired) electrons. The zero-order valence-electron chi connectivity index (χ0n) is 18.7. The van der Waals surface area contributed by atoms with Gasteiger partial charge in [0.1, 0.15) is 11.4 Å². The van der Waals surface area contributed by atoms with E-state index in [0.29, 0.717) is 17.0 Å². The van der Waals surface area contributed by atoms with Crippen molar-refractivity contribution in [1.82, 2.24) is 0 Å². The first-order valence-corrected chi connectivity index (χ1v) is 10.5. The maximum atomic E-state index is 13.8. The molecule has 0 amide bonds. The van der Waals surface area contributed by atoms with Crippen LogP contribution in [0.2, 0.25) is 0 Å². The number of hydrogen-bond donors (Lipinski definition) is 0. The summed E-state index contributed by atoms with van der Waals surface area (Å²) in [6.45, 7) is 0. The van der Waals surface area contributed by atoms with Crippen LogP contribution in [0.1, 0.15) is 17.0 Å². The summed E-state index contributed by atoms with van der Waals surface area (Å²) in [6.07, 6.45) is 1.79. The van der Waals surface area contributed by atoms with Crippen LogP contribution < -0.4 is 9.64 Å². The molecule has 6 nitrogen and oxygen atoms in total. The topological polar surface area (TPSA) is 65.1 Å². The SMILES string of the molecule is COC(=O)C1=C[C@H](c2ccccc2)[C@](C(=O)OC)(c2ccccc2)N1c1ccc(OC)cc1. The van der Waals surface area contributed by atoms with Gasteiger partial charge in [-0.25, -0.2) is 9.59 Å². The number of carbonyl (C=O) groups is 2. The van der Waals surface area contributed by atoms with Gasteiger partial charge in [-0.15, -0.1) is 0 Å². The Morgan fingerprint density at radius 1 is 0.788 bits per heavy atom. The van der Waals surface area contributed by atoms with Crippen molar-refractivity contribution < 1.29 is 23.8 Å². The van der Waals surface area contributed by atoms with Crippen molar-refractivity contribution in [1.29, 1.82) is 0 Å². The minimum Gasteiger partial charge on any atom is -0.497 e. The van der Waals surface area contributed by atoms with E-state index in [4.69, 9.17) is 14.2 Å². The van der Waals surface area contributed by atoms with E-state index in [1.807, 2.05) is 72.8 Å². The molecule has 0 bridgehead atoms. The Labute approximate surface area is 193 Å². The second-order valence-corrected chi connectivity index (χ2v) is 7.59. The maximum absolute atomic E-state index is 13.8. The van der Waals surface area contributed by atoms with Crippen LogP contribution in [0.15, 0.2) is 96.7 Å². The van der Waals surface area contributed by atoms with Crippen LogP contribution in [-0.4, -0.2) is 33.3 Å². The molecule has 1 aliphatic rings. The normalized spacial score (nSPS) is 19.5. The van der Waals surface area contributed by atoms with Crippen LogP contribution in [0.5, 0.6) is 5.75 Å². The van der Waals surface area contributed by atoms with E-state index in [9.17, 15) is 9.59 Å². The van der Waals surface area contributed by atoms with Gasteiger partial charge in [-0.3, -0.25) is 0 Å². The maximum Gasteiger partial charge on any atom is 0.354 e. The van der Waals surface area contributed by atoms with Gasteiger partial charge in [-0.2, -0.15) is 0 Å². The van der Waals surface area contributed by atoms with Gasteiger partial charge in [-0.05, 0) is 41.5 Å². The summed E-state index contributed by atoms with van der Waals surface area (Å²) < 4.78 is 15.8. The molecule has 0 fully saturated rings. The molecule has 2 atom stereocenters. The lowest BCUT2D eigenvalue weighted by molar-refractivity contribution is -0.147. The third kappa shape index (κ3) is 3.63. The molecule has 0 N–H and O–H groups in total. The van der Waals surface area contributed by atoms with Gasteiger partial charge in [0.05, 0.1) is 21.3 Å². The quantitative estimate of drug-likeness (QED) is 0.526. The van der Waals surface area contributed by atoms with Gasteiger partial charge in [0.2, 0.25) is 0 Å². The van der Waals surface area contributed by atoms with Gasteiger partial charge in [0.25, 0.3) is 0 Å². The molecule has 6 heteroatoms. The molecule has 0 saturated carbocycles. The molecule has 1 aliphatic heterocycles. The molecular formula is C27H25NO5. The van der Waals surface area contributed by atoms with E-state index in [1.165, 1.54) is 14.2 Å². The molecule has 0 aromatic heterocycles. The number of methoxy groups -OCH3 is 3. The monoisotopic (exact) mass is 443 g/mol. The average molecular weight is 443 g/mol. The molecule has 33 heavy (non-hydrogen) atoms. The Kier molecular flexibility index (Phi) is 6.18. The van der Waals surface area contributed by atoms with Crippen LogP contribution >= 0.6 is 0 Å². The highest BCUT2D eigenvalue weighted by molar-refractivity contribution is 6.01. The summed E-state index contributed by atoms with van der Waals surface area (Å²) in [5.41, 5.74) is 1.06. The molecule has 0 spiro atoms. The first kappa shape index (κ1) is 22.1. The number of nitrogens with zero attached hydrogens (tertiary/aromatic N) is 1. The van der Waals surface area contributed by atoms with E-state index in [2.05, 4.69) is 0 Å². The lowest BCUT2D eigenvalue weighted by Crippen LogP contribution is -2.53. The average Bonchev–Trinajstić information content (AvgIpc) is 3.26. The Balaban J connectivity index is 2.06. The molecule has 0 aliphatic carbocycles. The van der Waals surface area contributed by atoms with Crippen molar-refractivity contribution in [3.05, 3.63) is 108 Å². The van der Waals surface area contributed by atoms with Crippen molar-refractivity contribution in [3.63, 3.8) is 0 Å². The Bertz CT molecular complexity index is 1160. The molecular weight excluding hydrogens is 418 g/mol. The van der Waals surface area contributed by atoms with Gasteiger partial charge >= 0.3 is 11.9 Å². The van der Waals surface area contributed by atoms with Crippen molar-refractivity contribution in [2.45, 2.75) is 11.5 Å². The van der Waals surface area contributed by atoms with Gasteiger partial charge in [-0.1, -0.05) is 60.7 Å². The number of benzene rings is 3. The second kappa shape index (κ2) is 9.20. The Hall–Kier alpha value is -4.06. The number of rotatable bonds is 6. The zero-order chi connectivity index (χ0) is 23.4. The summed E-state index contributed by atoms with van der Waals surface area (Å²) in [5, 5.41) is 0. The third-order valence-corrected chi connectivity index (χ3v) is 5.96. The highest BCUT2D eigenvalue weighted by Crippen LogP contribution is 2.53. The predicted octanol–water partition coefficient (Wildman–Crippen LogP) is 4.42. The third-order valence-electron chi connectivity index (χ3n) is 5.96. The Morgan fingerprint density at radius 2 is 1.39 bits per heavy atom. The molecule has 1 heterocycles. The molecule has 168 valence electrons. The van der Waals surface area contributed by atoms with Gasteiger partial charge in [0, 0.05) is 11.6 Å². The number of ether oxygens (including phenoxy) is 3. The smallest absolute Gasteiger partial charge is 0.354 e. The highest BCUT2D eigenvalue weighted by atomic mass is 16.5. The first-order chi connectivity index (χ1) is 16.1. The minimum absolute atomic E-state index is 0.255. The van der Waals surface area contributed by atoms with Crippen LogP contribution in [0.25, 0.3) is 0 Å². The molecule has 4 rings (SSSR count). The summed E-state index contributed by atoms with van der Waals surface area (Å²) in [5.74, 6) is -0.906. The van der Waals surface area contributed by atoms with Crippen LogP contribution in [0.4, 0.5) is 5.69 Å². The standard InChI is InChI=1S/C27H25NO5/c1-31-22-16-14-21(15-17-22)28-24(25(29)32-2)18-23(19-10-6-4-7-11-19)27(28,26(30)33-3)20-12-8-5-9-13-20/h4-18,23H,1-3H3/t23-,27+/m1/s1. The predicted molar refractivity (Wildman–Crippen MR) is 125 cm³/mol. The van der Waals surface area contributed by atoms with Crippen LogP contribution in [0.3, 0.4) is 0 Å². The van der Waals surface area contributed by atoms with Gasteiger partial charge < -0.3 is 19.1 Å². The van der Waals surface area contributed by atoms with E-state index in [-0.39, 0.29) is 5.70 Å².